The maximum Gasteiger partial charge on any atom is 0.263 e. The van der Waals surface area contributed by atoms with E-state index in [2.05, 4.69) is 15.7 Å². The van der Waals surface area contributed by atoms with Crippen LogP contribution >= 0.6 is 0 Å². The first-order valence-corrected chi connectivity index (χ1v) is 9.61. The molecule has 2 heterocycles. The number of halogens is 1. The van der Waals surface area contributed by atoms with E-state index in [1.165, 1.54) is 23.2 Å². The van der Waals surface area contributed by atoms with Gasteiger partial charge in [-0.1, -0.05) is 47.7 Å². The minimum absolute atomic E-state index is 0.281. The van der Waals surface area contributed by atoms with Gasteiger partial charge in [0.25, 0.3) is 11.8 Å². The zero-order chi connectivity index (χ0) is 21.5. The zero-order valence-corrected chi connectivity index (χ0v) is 16.1. The van der Waals surface area contributed by atoms with E-state index in [1.807, 2.05) is 30.3 Å². The highest BCUT2D eigenvalue weighted by molar-refractivity contribution is 6.27. The summed E-state index contributed by atoms with van der Waals surface area (Å²) >= 11 is 0. The molecule has 3 aromatic carbocycles. The Kier molecular flexibility index (Phi) is 4.43. The van der Waals surface area contributed by atoms with Gasteiger partial charge >= 0.3 is 0 Å². The van der Waals surface area contributed by atoms with Crippen LogP contribution in [0.1, 0.15) is 0 Å². The van der Waals surface area contributed by atoms with Gasteiger partial charge < -0.3 is 5.32 Å². The summed E-state index contributed by atoms with van der Waals surface area (Å²) in [6.45, 7) is -0.302. The molecule has 0 aromatic heterocycles. The standard InChI is InChI=1S/C22H16FN5O3/c23-14-7-4-8-15(11-14)24-18(29)12-27-20-19(25-26-27)21(30)28(22(20)31)17-10-3-6-13-5-1-2-9-16(13)17/h1-11,19-20H,12H2,(H,24,29)/t19-,20+/m0/s1. The van der Waals surface area contributed by atoms with Crippen molar-refractivity contribution < 1.29 is 18.8 Å². The number of fused-ring (bicyclic) bond motifs is 2. The molecule has 9 heteroatoms. The number of carbonyl (C=O) groups is 3. The number of nitrogens with one attached hydrogen (secondary N) is 1. The summed E-state index contributed by atoms with van der Waals surface area (Å²) in [6, 6.07) is 16.3. The lowest BCUT2D eigenvalue weighted by Gasteiger charge is -2.21. The van der Waals surface area contributed by atoms with Crippen molar-refractivity contribution in [3.8, 4) is 0 Å². The predicted molar refractivity (Wildman–Crippen MR) is 111 cm³/mol. The van der Waals surface area contributed by atoms with Gasteiger partial charge in [0.15, 0.2) is 12.1 Å². The number of amides is 3. The molecule has 3 amide bonds. The minimum atomic E-state index is -1.01. The topological polar surface area (TPSA) is 94.4 Å². The maximum absolute atomic E-state index is 13.3. The Balaban J connectivity index is 1.38. The third-order valence-electron chi connectivity index (χ3n) is 5.28. The second-order valence-electron chi connectivity index (χ2n) is 7.26. The Morgan fingerprint density at radius 2 is 1.77 bits per heavy atom. The monoisotopic (exact) mass is 417 g/mol. The van der Waals surface area contributed by atoms with Crippen LogP contribution in [0.25, 0.3) is 10.8 Å². The molecule has 0 unspecified atom stereocenters. The van der Waals surface area contributed by atoms with Crippen molar-refractivity contribution in [3.05, 3.63) is 72.5 Å². The molecule has 2 atom stereocenters. The summed E-state index contributed by atoms with van der Waals surface area (Å²) in [5.74, 6) is -1.96. The van der Waals surface area contributed by atoms with Crippen molar-refractivity contribution in [2.45, 2.75) is 12.1 Å². The molecule has 8 nitrogen and oxygen atoms in total. The lowest BCUT2D eigenvalue weighted by atomic mass is 10.1. The molecule has 0 aliphatic carbocycles. The largest absolute Gasteiger partial charge is 0.324 e. The number of hydrogen-bond acceptors (Lipinski definition) is 6. The first kappa shape index (κ1) is 18.9. The second-order valence-corrected chi connectivity index (χ2v) is 7.26. The average Bonchev–Trinajstić information content (AvgIpc) is 3.27. The van der Waals surface area contributed by atoms with Gasteiger partial charge in [-0.3, -0.25) is 19.4 Å². The number of carbonyl (C=O) groups excluding carboxylic acids is 3. The molecule has 2 aliphatic heterocycles. The third kappa shape index (κ3) is 3.20. The van der Waals surface area contributed by atoms with Gasteiger partial charge in [-0.15, -0.1) is 0 Å². The second kappa shape index (κ2) is 7.28. The van der Waals surface area contributed by atoms with E-state index in [9.17, 15) is 18.8 Å². The Morgan fingerprint density at radius 1 is 1.00 bits per heavy atom. The predicted octanol–water partition coefficient (Wildman–Crippen LogP) is 2.91. The first-order valence-electron chi connectivity index (χ1n) is 9.61. The molecule has 154 valence electrons. The van der Waals surface area contributed by atoms with Crippen molar-refractivity contribution >= 4 is 39.9 Å². The molecular formula is C22H16FN5O3. The fraction of sp³-hybridized carbons (Fsp3) is 0.136. The molecule has 1 saturated heterocycles. The van der Waals surface area contributed by atoms with Crippen LogP contribution in [0.2, 0.25) is 0 Å². The smallest absolute Gasteiger partial charge is 0.263 e. The highest BCUT2D eigenvalue weighted by Crippen LogP contribution is 2.35. The molecule has 0 bridgehead atoms. The molecule has 3 aromatic rings. The molecule has 2 aliphatic rings. The van der Waals surface area contributed by atoms with Crippen LogP contribution in [0.15, 0.2) is 77.1 Å². The van der Waals surface area contributed by atoms with E-state index >= 15 is 0 Å². The average molecular weight is 417 g/mol. The third-order valence-corrected chi connectivity index (χ3v) is 5.28. The van der Waals surface area contributed by atoms with E-state index < -0.39 is 35.6 Å². The number of hydrogen-bond donors (Lipinski definition) is 1. The van der Waals surface area contributed by atoms with Crippen LogP contribution in [-0.4, -0.2) is 41.4 Å². The van der Waals surface area contributed by atoms with Crippen LogP contribution in [0.4, 0.5) is 15.8 Å². The molecule has 1 fully saturated rings. The SMILES string of the molecule is O=C(CN1N=N[C@@H]2C(=O)N(c3cccc4ccccc34)C(=O)[C@@H]21)Nc1cccc(F)c1. The molecule has 0 radical (unpaired) electrons. The van der Waals surface area contributed by atoms with E-state index in [4.69, 9.17) is 0 Å². The Hall–Kier alpha value is -4.14. The van der Waals surface area contributed by atoms with E-state index in [-0.39, 0.29) is 12.2 Å². The van der Waals surface area contributed by atoms with Crippen LogP contribution in [0.5, 0.6) is 0 Å². The van der Waals surface area contributed by atoms with E-state index in [1.54, 1.807) is 18.2 Å². The van der Waals surface area contributed by atoms with Crippen molar-refractivity contribution in [1.29, 1.82) is 0 Å². The lowest BCUT2D eigenvalue weighted by molar-refractivity contribution is -0.123. The summed E-state index contributed by atoms with van der Waals surface area (Å²) in [4.78, 5) is 39.7. The van der Waals surface area contributed by atoms with Crippen molar-refractivity contribution in [2.24, 2.45) is 10.3 Å². The maximum atomic E-state index is 13.3. The summed E-state index contributed by atoms with van der Waals surface area (Å²) in [5.41, 5.74) is 0.755. The quantitative estimate of drug-likeness (QED) is 0.661. The summed E-state index contributed by atoms with van der Waals surface area (Å²) in [5, 5.41) is 13.2. The summed E-state index contributed by atoms with van der Waals surface area (Å²) < 4.78 is 13.3. The van der Waals surface area contributed by atoms with Crippen LogP contribution in [0, 0.1) is 5.82 Å². The van der Waals surface area contributed by atoms with Crippen LogP contribution < -0.4 is 10.2 Å². The van der Waals surface area contributed by atoms with Gasteiger partial charge in [-0.05, 0) is 29.7 Å². The fourth-order valence-corrected chi connectivity index (χ4v) is 3.91. The number of nitrogens with zero attached hydrogens (tertiary/aromatic N) is 4. The molecule has 1 N–H and O–H groups in total. The minimum Gasteiger partial charge on any atom is -0.324 e. The van der Waals surface area contributed by atoms with Crippen LogP contribution in [-0.2, 0) is 14.4 Å². The summed E-state index contributed by atoms with van der Waals surface area (Å²) in [6.07, 6.45) is 0. The molecule has 0 saturated carbocycles. The van der Waals surface area contributed by atoms with Gasteiger partial charge in [0.2, 0.25) is 5.91 Å². The van der Waals surface area contributed by atoms with Gasteiger partial charge in [0, 0.05) is 11.1 Å². The molecule has 31 heavy (non-hydrogen) atoms. The Morgan fingerprint density at radius 3 is 2.61 bits per heavy atom. The van der Waals surface area contributed by atoms with Crippen LogP contribution in [0.3, 0.4) is 0 Å². The first-order chi connectivity index (χ1) is 15.0. The normalized spacial score (nSPS) is 19.9. The Labute approximate surface area is 175 Å². The van der Waals surface area contributed by atoms with E-state index in [0.29, 0.717) is 5.69 Å². The Bertz CT molecular complexity index is 1260. The molecular weight excluding hydrogens is 401 g/mol. The summed E-state index contributed by atoms with van der Waals surface area (Å²) in [7, 11) is 0. The van der Waals surface area contributed by atoms with Crippen molar-refractivity contribution in [1.82, 2.24) is 5.01 Å². The highest BCUT2D eigenvalue weighted by atomic mass is 19.1. The zero-order valence-electron chi connectivity index (χ0n) is 16.1. The number of benzene rings is 3. The van der Waals surface area contributed by atoms with E-state index in [0.717, 1.165) is 15.7 Å². The fourth-order valence-electron chi connectivity index (χ4n) is 3.91. The van der Waals surface area contributed by atoms with Crippen molar-refractivity contribution in [2.75, 3.05) is 16.8 Å². The highest BCUT2D eigenvalue weighted by Gasteiger charge is 2.55. The number of anilines is 2. The van der Waals surface area contributed by atoms with Crippen molar-refractivity contribution in [3.63, 3.8) is 0 Å². The lowest BCUT2D eigenvalue weighted by Crippen LogP contribution is -2.43. The van der Waals surface area contributed by atoms with Gasteiger partial charge in [-0.25, -0.2) is 9.29 Å². The van der Waals surface area contributed by atoms with Gasteiger partial charge in [0.1, 0.15) is 12.4 Å². The number of rotatable bonds is 4. The van der Waals surface area contributed by atoms with Gasteiger partial charge in [-0.2, -0.15) is 5.11 Å². The molecule has 0 spiro atoms. The van der Waals surface area contributed by atoms with Gasteiger partial charge in [0.05, 0.1) is 5.69 Å². The number of imide groups is 1. The molecule has 5 rings (SSSR count).